The number of benzene rings is 2. The van der Waals surface area contributed by atoms with Crippen LogP contribution in [0.2, 0.25) is 0 Å². The standard InChI is InChI=1S/C17H16FNO2/c18-16-3-1-2-12(8-16)10-19-7-6-13-4-5-14(17(20)21)9-15(13)11-19/h1-5,8-9H,6-7,10-11H2,(H,20,21). The summed E-state index contributed by atoms with van der Waals surface area (Å²) < 4.78 is 13.2. The Morgan fingerprint density at radius 3 is 2.81 bits per heavy atom. The molecular weight excluding hydrogens is 269 g/mol. The summed E-state index contributed by atoms with van der Waals surface area (Å²) in [5.41, 5.74) is 3.52. The molecule has 0 saturated carbocycles. The fourth-order valence-corrected chi connectivity index (χ4v) is 2.78. The van der Waals surface area contributed by atoms with Gasteiger partial charge in [0.2, 0.25) is 0 Å². The minimum absolute atomic E-state index is 0.224. The predicted octanol–water partition coefficient (Wildman–Crippen LogP) is 3.08. The van der Waals surface area contributed by atoms with Crippen LogP contribution in [0, 0.1) is 5.82 Å². The molecule has 1 heterocycles. The van der Waals surface area contributed by atoms with E-state index in [2.05, 4.69) is 4.90 Å². The van der Waals surface area contributed by atoms with Crippen molar-refractivity contribution in [2.24, 2.45) is 0 Å². The van der Waals surface area contributed by atoms with Crippen LogP contribution >= 0.6 is 0 Å². The molecule has 0 aromatic heterocycles. The van der Waals surface area contributed by atoms with Gasteiger partial charge in [0.1, 0.15) is 5.82 Å². The van der Waals surface area contributed by atoms with E-state index in [-0.39, 0.29) is 5.82 Å². The van der Waals surface area contributed by atoms with Gasteiger partial charge in [-0.15, -0.1) is 0 Å². The number of aromatic carboxylic acids is 1. The predicted molar refractivity (Wildman–Crippen MR) is 77.6 cm³/mol. The summed E-state index contributed by atoms with van der Waals surface area (Å²) in [5, 5.41) is 9.06. The quantitative estimate of drug-likeness (QED) is 0.942. The molecule has 0 aliphatic carbocycles. The minimum atomic E-state index is -0.903. The molecule has 0 unspecified atom stereocenters. The topological polar surface area (TPSA) is 40.5 Å². The normalized spacial score (nSPS) is 14.7. The molecule has 108 valence electrons. The molecular formula is C17H16FNO2. The molecule has 3 nitrogen and oxygen atoms in total. The fraction of sp³-hybridized carbons (Fsp3) is 0.235. The first-order valence-electron chi connectivity index (χ1n) is 6.94. The lowest BCUT2D eigenvalue weighted by Gasteiger charge is -2.29. The number of halogens is 1. The zero-order valence-electron chi connectivity index (χ0n) is 11.6. The lowest BCUT2D eigenvalue weighted by Crippen LogP contribution is -2.30. The number of rotatable bonds is 3. The van der Waals surface area contributed by atoms with Gasteiger partial charge in [-0.1, -0.05) is 18.2 Å². The van der Waals surface area contributed by atoms with Crippen LogP contribution in [0.15, 0.2) is 42.5 Å². The van der Waals surface area contributed by atoms with Crippen molar-refractivity contribution in [1.29, 1.82) is 0 Å². The number of hydrogen-bond donors (Lipinski definition) is 1. The second-order valence-electron chi connectivity index (χ2n) is 5.38. The minimum Gasteiger partial charge on any atom is -0.478 e. The van der Waals surface area contributed by atoms with Crippen LogP contribution in [-0.4, -0.2) is 22.5 Å². The number of fused-ring (bicyclic) bond motifs is 1. The van der Waals surface area contributed by atoms with E-state index in [1.807, 2.05) is 12.1 Å². The number of carbonyl (C=O) groups is 1. The van der Waals surface area contributed by atoms with Gasteiger partial charge < -0.3 is 5.11 Å². The molecule has 1 N–H and O–H groups in total. The molecule has 2 aromatic rings. The molecule has 0 spiro atoms. The van der Waals surface area contributed by atoms with Crippen LogP contribution in [0.5, 0.6) is 0 Å². The van der Waals surface area contributed by atoms with Crippen molar-refractivity contribution in [1.82, 2.24) is 4.90 Å². The van der Waals surface area contributed by atoms with Gasteiger partial charge >= 0.3 is 5.97 Å². The van der Waals surface area contributed by atoms with Crippen molar-refractivity contribution in [3.63, 3.8) is 0 Å². The molecule has 1 aliphatic rings. The highest BCUT2D eigenvalue weighted by Gasteiger charge is 2.18. The highest BCUT2D eigenvalue weighted by atomic mass is 19.1. The monoisotopic (exact) mass is 285 g/mol. The van der Waals surface area contributed by atoms with Gasteiger partial charge in [0, 0.05) is 19.6 Å². The van der Waals surface area contributed by atoms with Crippen molar-refractivity contribution < 1.29 is 14.3 Å². The summed E-state index contributed by atoms with van der Waals surface area (Å²) in [6, 6.07) is 11.9. The van der Waals surface area contributed by atoms with E-state index >= 15 is 0 Å². The number of nitrogens with zero attached hydrogens (tertiary/aromatic N) is 1. The highest BCUT2D eigenvalue weighted by molar-refractivity contribution is 5.87. The third kappa shape index (κ3) is 3.11. The first-order chi connectivity index (χ1) is 10.1. The smallest absolute Gasteiger partial charge is 0.335 e. The molecule has 0 bridgehead atoms. The van der Waals surface area contributed by atoms with E-state index < -0.39 is 5.97 Å². The number of carboxylic acid groups (broad SMARTS) is 1. The van der Waals surface area contributed by atoms with Crippen molar-refractivity contribution >= 4 is 5.97 Å². The van der Waals surface area contributed by atoms with Crippen LogP contribution < -0.4 is 0 Å². The van der Waals surface area contributed by atoms with Crippen molar-refractivity contribution in [3.05, 3.63) is 70.5 Å². The molecule has 0 fully saturated rings. The van der Waals surface area contributed by atoms with E-state index in [1.54, 1.807) is 24.3 Å². The maximum atomic E-state index is 13.2. The fourth-order valence-electron chi connectivity index (χ4n) is 2.78. The average molecular weight is 285 g/mol. The molecule has 0 atom stereocenters. The zero-order chi connectivity index (χ0) is 14.8. The van der Waals surface area contributed by atoms with Gasteiger partial charge in [0.05, 0.1) is 5.56 Å². The summed E-state index contributed by atoms with van der Waals surface area (Å²) in [6.45, 7) is 2.28. The van der Waals surface area contributed by atoms with E-state index in [0.717, 1.165) is 24.1 Å². The van der Waals surface area contributed by atoms with Crippen LogP contribution in [0.4, 0.5) is 4.39 Å². The van der Waals surface area contributed by atoms with Crippen molar-refractivity contribution in [2.45, 2.75) is 19.5 Å². The summed E-state index contributed by atoms with van der Waals surface area (Å²) in [5.74, 6) is -1.13. The Morgan fingerprint density at radius 1 is 1.19 bits per heavy atom. The Morgan fingerprint density at radius 2 is 2.05 bits per heavy atom. The van der Waals surface area contributed by atoms with Gasteiger partial charge in [0.15, 0.2) is 0 Å². The van der Waals surface area contributed by atoms with E-state index in [1.165, 1.54) is 11.6 Å². The van der Waals surface area contributed by atoms with Gasteiger partial charge in [-0.05, 0) is 47.4 Å². The Bertz CT molecular complexity index is 684. The highest BCUT2D eigenvalue weighted by Crippen LogP contribution is 2.22. The number of carboxylic acids is 1. The zero-order valence-corrected chi connectivity index (χ0v) is 11.6. The Kier molecular flexibility index (Phi) is 3.71. The Labute approximate surface area is 122 Å². The van der Waals surface area contributed by atoms with Crippen LogP contribution in [0.1, 0.15) is 27.0 Å². The summed E-state index contributed by atoms with van der Waals surface area (Å²) >= 11 is 0. The Balaban J connectivity index is 1.77. The molecule has 2 aromatic carbocycles. The first-order valence-corrected chi connectivity index (χ1v) is 6.94. The SMILES string of the molecule is O=C(O)c1ccc2c(c1)CN(Cc1cccc(F)c1)CC2. The van der Waals surface area contributed by atoms with Gasteiger partial charge in [0.25, 0.3) is 0 Å². The van der Waals surface area contributed by atoms with Gasteiger partial charge in [-0.3, -0.25) is 4.90 Å². The third-order valence-electron chi connectivity index (χ3n) is 3.84. The lowest BCUT2D eigenvalue weighted by atomic mass is 9.97. The maximum Gasteiger partial charge on any atom is 0.335 e. The van der Waals surface area contributed by atoms with Crippen LogP contribution in [0.3, 0.4) is 0 Å². The molecule has 3 rings (SSSR count). The van der Waals surface area contributed by atoms with Crippen molar-refractivity contribution in [3.8, 4) is 0 Å². The third-order valence-corrected chi connectivity index (χ3v) is 3.84. The maximum absolute atomic E-state index is 13.2. The Hall–Kier alpha value is -2.20. The molecule has 1 aliphatic heterocycles. The summed E-state index contributed by atoms with van der Waals surface area (Å²) in [7, 11) is 0. The number of hydrogen-bond acceptors (Lipinski definition) is 2. The molecule has 0 radical (unpaired) electrons. The second kappa shape index (κ2) is 5.66. The largest absolute Gasteiger partial charge is 0.478 e. The first kappa shape index (κ1) is 13.8. The van der Waals surface area contributed by atoms with E-state index in [4.69, 9.17) is 5.11 Å². The van der Waals surface area contributed by atoms with Gasteiger partial charge in [-0.25, -0.2) is 9.18 Å². The molecule has 0 amide bonds. The average Bonchev–Trinajstić information content (AvgIpc) is 2.46. The van der Waals surface area contributed by atoms with Crippen molar-refractivity contribution in [2.75, 3.05) is 6.54 Å². The van der Waals surface area contributed by atoms with E-state index in [0.29, 0.717) is 18.7 Å². The molecule has 21 heavy (non-hydrogen) atoms. The van der Waals surface area contributed by atoms with Crippen LogP contribution in [0.25, 0.3) is 0 Å². The molecule has 4 heteroatoms. The van der Waals surface area contributed by atoms with Crippen LogP contribution in [-0.2, 0) is 19.5 Å². The van der Waals surface area contributed by atoms with E-state index in [9.17, 15) is 9.18 Å². The molecule has 0 saturated heterocycles. The summed E-state index contributed by atoms with van der Waals surface area (Å²) in [4.78, 5) is 13.3. The second-order valence-corrected chi connectivity index (χ2v) is 5.38. The summed E-state index contributed by atoms with van der Waals surface area (Å²) in [6.07, 6.45) is 0.893. The lowest BCUT2D eigenvalue weighted by molar-refractivity contribution is 0.0696. The van der Waals surface area contributed by atoms with Gasteiger partial charge in [-0.2, -0.15) is 0 Å².